The number of anilines is 2. The van der Waals surface area contributed by atoms with E-state index in [9.17, 15) is 27.2 Å². The summed E-state index contributed by atoms with van der Waals surface area (Å²) in [4.78, 5) is 26.6. The van der Waals surface area contributed by atoms with E-state index >= 15 is 0 Å². The van der Waals surface area contributed by atoms with Crippen molar-refractivity contribution in [1.82, 2.24) is 0 Å². The number of benzene rings is 3. The van der Waals surface area contributed by atoms with Gasteiger partial charge in [0.2, 0.25) is 5.91 Å². The molecule has 0 radical (unpaired) electrons. The first kappa shape index (κ1) is 28.8. The molecule has 0 bridgehead atoms. The molecule has 3 aromatic rings. The molecule has 1 aliphatic carbocycles. The molecule has 0 saturated heterocycles. The molecule has 38 heavy (non-hydrogen) atoms. The highest BCUT2D eigenvalue weighted by Gasteiger charge is 2.67. The Morgan fingerprint density at radius 3 is 2.11 bits per heavy atom. The van der Waals surface area contributed by atoms with E-state index in [0.29, 0.717) is 20.5 Å². The normalized spacial score (nSPS) is 18.1. The van der Waals surface area contributed by atoms with Crippen LogP contribution in [0.15, 0.2) is 60.7 Å². The number of nitrogens with one attached hydrogen (secondary N) is 1. The van der Waals surface area contributed by atoms with Gasteiger partial charge in [-0.2, -0.15) is 13.2 Å². The van der Waals surface area contributed by atoms with Crippen LogP contribution in [0.4, 0.5) is 28.9 Å². The molecule has 0 aliphatic heterocycles. The largest absolute Gasteiger partial charge is 0.406 e. The second kappa shape index (κ2) is 10.7. The zero-order valence-corrected chi connectivity index (χ0v) is 22.6. The van der Waals surface area contributed by atoms with Gasteiger partial charge in [-0.15, -0.1) is 23.2 Å². The highest BCUT2D eigenvalue weighted by atomic mass is 35.5. The van der Waals surface area contributed by atoms with E-state index in [-0.39, 0.29) is 22.0 Å². The van der Waals surface area contributed by atoms with Gasteiger partial charge in [-0.25, -0.2) is 4.39 Å². The second-order valence-corrected chi connectivity index (χ2v) is 11.2. The molecule has 13 heteroatoms. The van der Waals surface area contributed by atoms with Crippen molar-refractivity contribution in [3.8, 4) is 0 Å². The summed E-state index contributed by atoms with van der Waals surface area (Å²) in [7, 11) is 0. The molecule has 1 N–H and O–H groups in total. The molecule has 4 rings (SSSR count). The zero-order valence-electron chi connectivity index (χ0n) is 18.8. The van der Waals surface area contributed by atoms with Crippen molar-refractivity contribution >= 4 is 81.2 Å². The predicted octanol–water partition coefficient (Wildman–Crippen LogP) is 8.52. The summed E-state index contributed by atoms with van der Waals surface area (Å²) in [6.07, 6.45) is -4.77. The molecule has 1 saturated carbocycles. The number of halogens is 9. The summed E-state index contributed by atoms with van der Waals surface area (Å²) in [5, 5.41) is 3.06. The maximum absolute atomic E-state index is 13.3. The van der Waals surface area contributed by atoms with Crippen molar-refractivity contribution < 1.29 is 27.2 Å². The Hall–Kier alpha value is -2.23. The van der Waals surface area contributed by atoms with Gasteiger partial charge in [0.15, 0.2) is 0 Å². The lowest BCUT2D eigenvalue weighted by atomic mass is 10.1. The van der Waals surface area contributed by atoms with Gasteiger partial charge < -0.3 is 5.32 Å². The van der Waals surface area contributed by atoms with E-state index in [0.717, 1.165) is 30.3 Å². The Kier molecular flexibility index (Phi) is 8.13. The molecule has 200 valence electrons. The molecule has 2 amide bonds. The van der Waals surface area contributed by atoms with Crippen LogP contribution >= 0.6 is 58.0 Å². The van der Waals surface area contributed by atoms with Gasteiger partial charge in [0, 0.05) is 27.3 Å². The van der Waals surface area contributed by atoms with Gasteiger partial charge in [-0.05, 0) is 66.2 Å². The van der Waals surface area contributed by atoms with Crippen LogP contribution in [0.3, 0.4) is 0 Å². The van der Waals surface area contributed by atoms with Crippen molar-refractivity contribution in [2.45, 2.75) is 16.4 Å². The van der Waals surface area contributed by atoms with E-state index in [1.807, 2.05) is 0 Å². The third kappa shape index (κ3) is 6.32. The molecule has 0 heterocycles. The lowest BCUT2D eigenvalue weighted by molar-refractivity contribution is -0.119. The van der Waals surface area contributed by atoms with Crippen LogP contribution in [0.2, 0.25) is 15.1 Å². The molecule has 0 unspecified atom stereocenters. The van der Waals surface area contributed by atoms with Crippen molar-refractivity contribution in [2.75, 3.05) is 16.8 Å². The lowest BCUT2D eigenvalue weighted by Crippen LogP contribution is -2.39. The van der Waals surface area contributed by atoms with E-state index in [4.69, 9.17) is 58.0 Å². The molecule has 3 aromatic carbocycles. The third-order valence-electron chi connectivity index (χ3n) is 5.77. The van der Waals surface area contributed by atoms with Crippen LogP contribution in [0.5, 0.6) is 0 Å². The SMILES string of the molecule is O=C(Nc1ccc(Cl)c(C(=O)N(CC(F)(F)F)c2ccc(F)cc2)c1)[C@H]1[C@H](c2cc(Cl)cc(Cl)c2)C1(Cl)Cl. The number of nitrogens with zero attached hydrogens (tertiary/aromatic N) is 1. The van der Waals surface area contributed by atoms with Crippen molar-refractivity contribution in [3.05, 3.63) is 92.7 Å². The minimum absolute atomic E-state index is 0.0627. The van der Waals surface area contributed by atoms with E-state index < -0.39 is 46.5 Å². The summed E-state index contributed by atoms with van der Waals surface area (Å²) >= 11 is 31.0. The maximum Gasteiger partial charge on any atom is 0.406 e. The first-order valence-corrected chi connectivity index (χ1v) is 12.6. The topological polar surface area (TPSA) is 49.4 Å². The van der Waals surface area contributed by atoms with Gasteiger partial charge in [0.25, 0.3) is 5.91 Å². The van der Waals surface area contributed by atoms with Crippen molar-refractivity contribution in [2.24, 2.45) is 5.92 Å². The van der Waals surface area contributed by atoms with Crippen molar-refractivity contribution in [1.29, 1.82) is 0 Å². The zero-order chi connectivity index (χ0) is 28.0. The standard InChI is InChI=1S/C25H15Cl5F4N2O2/c26-13-7-12(8-14(27)9-13)20-21(25(20,29)30)22(37)35-16-3-6-19(28)18(10-16)23(38)36(11-24(32,33)34)17-4-1-15(31)2-5-17/h1-10,20-21H,11H2,(H,35,37)/t20-,21+/m0/s1. The number of rotatable bonds is 6. The number of carbonyl (C=O) groups excluding carboxylic acids is 2. The highest BCUT2D eigenvalue weighted by molar-refractivity contribution is 6.53. The quantitative estimate of drug-likeness (QED) is 0.220. The van der Waals surface area contributed by atoms with Crippen LogP contribution in [0.25, 0.3) is 0 Å². The number of hydrogen-bond acceptors (Lipinski definition) is 2. The van der Waals surface area contributed by atoms with Gasteiger partial charge in [-0.3, -0.25) is 14.5 Å². The van der Waals surface area contributed by atoms with Gasteiger partial charge in [-0.1, -0.05) is 34.8 Å². The average Bonchev–Trinajstić information content (AvgIpc) is 3.40. The minimum Gasteiger partial charge on any atom is -0.326 e. The van der Waals surface area contributed by atoms with E-state index in [1.165, 1.54) is 18.2 Å². The van der Waals surface area contributed by atoms with Crippen LogP contribution in [0, 0.1) is 11.7 Å². The number of amides is 2. The second-order valence-electron chi connectivity index (χ2n) is 8.50. The molecular formula is C25H15Cl5F4N2O2. The van der Waals surface area contributed by atoms with Crippen LogP contribution in [0.1, 0.15) is 21.8 Å². The fraction of sp³-hybridized carbons (Fsp3) is 0.200. The number of alkyl halides is 5. The number of carbonyl (C=O) groups is 2. The van der Waals surface area contributed by atoms with Crippen LogP contribution in [-0.2, 0) is 4.79 Å². The average molecular weight is 629 g/mol. The number of hydrogen-bond donors (Lipinski definition) is 1. The molecule has 0 spiro atoms. The molecule has 1 aliphatic rings. The molecular weight excluding hydrogens is 614 g/mol. The van der Waals surface area contributed by atoms with Gasteiger partial charge in [0.1, 0.15) is 16.7 Å². The molecule has 4 nitrogen and oxygen atoms in total. The smallest absolute Gasteiger partial charge is 0.326 e. The Balaban J connectivity index is 1.59. The van der Waals surface area contributed by atoms with E-state index in [2.05, 4.69) is 5.32 Å². The Bertz CT molecular complexity index is 1380. The Labute approximate surface area is 239 Å². The molecule has 0 aromatic heterocycles. The fourth-order valence-electron chi connectivity index (χ4n) is 4.04. The minimum atomic E-state index is -4.77. The summed E-state index contributed by atoms with van der Waals surface area (Å²) in [6.45, 7) is -1.66. The Morgan fingerprint density at radius 2 is 1.53 bits per heavy atom. The lowest BCUT2D eigenvalue weighted by Gasteiger charge is -2.25. The fourth-order valence-corrected chi connectivity index (χ4v) is 5.60. The van der Waals surface area contributed by atoms with Crippen LogP contribution in [-0.4, -0.2) is 28.9 Å². The highest BCUT2D eigenvalue weighted by Crippen LogP contribution is 2.65. The summed E-state index contributed by atoms with van der Waals surface area (Å²) in [6, 6.07) is 12.3. The summed E-state index contributed by atoms with van der Waals surface area (Å²) in [5.74, 6) is -3.98. The first-order chi connectivity index (χ1) is 17.7. The van der Waals surface area contributed by atoms with Gasteiger partial charge in [0.05, 0.1) is 16.5 Å². The monoisotopic (exact) mass is 626 g/mol. The maximum atomic E-state index is 13.3. The molecule has 1 fully saturated rings. The summed E-state index contributed by atoms with van der Waals surface area (Å²) in [5.41, 5.74) is 0.0822. The summed E-state index contributed by atoms with van der Waals surface area (Å²) < 4.78 is 51.7. The predicted molar refractivity (Wildman–Crippen MR) is 141 cm³/mol. The Morgan fingerprint density at radius 1 is 0.921 bits per heavy atom. The molecule has 2 atom stereocenters. The third-order valence-corrected chi connectivity index (χ3v) is 7.47. The van der Waals surface area contributed by atoms with Gasteiger partial charge >= 0.3 is 6.18 Å². The first-order valence-electron chi connectivity index (χ1n) is 10.8. The van der Waals surface area contributed by atoms with Crippen LogP contribution < -0.4 is 10.2 Å². The van der Waals surface area contributed by atoms with E-state index in [1.54, 1.807) is 12.1 Å². The van der Waals surface area contributed by atoms with Crippen molar-refractivity contribution in [3.63, 3.8) is 0 Å².